The topological polar surface area (TPSA) is 32.5 Å². The third kappa shape index (κ3) is 2.37. The van der Waals surface area contributed by atoms with Gasteiger partial charge < -0.3 is 15.5 Å². The monoisotopic (exact) mass is 259 g/mol. The highest BCUT2D eigenvalue weighted by Crippen LogP contribution is 2.41. The molecule has 0 atom stereocenters. The second kappa shape index (κ2) is 4.80. The van der Waals surface area contributed by atoms with E-state index in [-0.39, 0.29) is 0 Å². The molecule has 0 unspecified atom stereocenters. The molecule has 2 N–H and O–H groups in total. The lowest BCUT2D eigenvalue weighted by Gasteiger charge is -2.48. The Balaban J connectivity index is 1.65. The Morgan fingerprint density at radius 2 is 1.95 bits per heavy atom. The van der Waals surface area contributed by atoms with Gasteiger partial charge in [0.15, 0.2) is 0 Å². The summed E-state index contributed by atoms with van der Waals surface area (Å²) in [6, 6.07) is 6.86. The molecule has 2 aliphatic heterocycles. The van der Waals surface area contributed by atoms with Crippen molar-refractivity contribution in [3.63, 3.8) is 0 Å². The van der Waals surface area contributed by atoms with E-state index in [0.29, 0.717) is 5.41 Å². The number of nitrogens with two attached hydrogens (primary N) is 1. The van der Waals surface area contributed by atoms with Crippen molar-refractivity contribution in [2.24, 2.45) is 11.1 Å². The van der Waals surface area contributed by atoms with Crippen LogP contribution < -0.4 is 10.6 Å². The lowest BCUT2D eigenvalue weighted by molar-refractivity contribution is 0.0213. The molecule has 104 valence electrons. The summed E-state index contributed by atoms with van der Waals surface area (Å²) in [5.74, 6) is 0. The lowest BCUT2D eigenvalue weighted by Crippen LogP contribution is -2.58. The van der Waals surface area contributed by atoms with Gasteiger partial charge in [-0.2, -0.15) is 0 Å². The molecular weight excluding hydrogens is 234 g/mol. The van der Waals surface area contributed by atoms with Gasteiger partial charge in [0.1, 0.15) is 0 Å². The minimum Gasteiger partial charge on any atom is -0.371 e. The van der Waals surface area contributed by atoms with Gasteiger partial charge in [0.2, 0.25) is 0 Å². The molecule has 2 aliphatic rings. The maximum absolute atomic E-state index is 5.62. The van der Waals surface area contributed by atoms with Crippen LogP contribution in [0.2, 0.25) is 0 Å². The van der Waals surface area contributed by atoms with Crippen LogP contribution in [0.4, 0.5) is 5.69 Å². The second-order valence-corrected chi connectivity index (χ2v) is 6.44. The molecule has 1 aromatic rings. The van der Waals surface area contributed by atoms with E-state index < -0.39 is 0 Å². The van der Waals surface area contributed by atoms with Crippen LogP contribution in [-0.4, -0.2) is 44.2 Å². The van der Waals surface area contributed by atoms with Crippen LogP contribution in [0.5, 0.6) is 0 Å². The Labute approximate surface area is 116 Å². The molecule has 0 saturated carbocycles. The van der Waals surface area contributed by atoms with E-state index in [9.17, 15) is 0 Å². The number of aryl methyl sites for hydroxylation is 2. The summed E-state index contributed by atoms with van der Waals surface area (Å²) in [5, 5.41) is 0. The van der Waals surface area contributed by atoms with Crippen LogP contribution in [0.1, 0.15) is 17.5 Å². The molecule has 3 rings (SSSR count). The summed E-state index contributed by atoms with van der Waals surface area (Å²) in [6.07, 6.45) is 1.33. The van der Waals surface area contributed by atoms with Crippen LogP contribution in [0.15, 0.2) is 18.2 Å². The normalized spacial score (nSPS) is 21.9. The van der Waals surface area contributed by atoms with Crippen molar-refractivity contribution >= 4 is 5.69 Å². The average molecular weight is 259 g/mol. The summed E-state index contributed by atoms with van der Waals surface area (Å²) >= 11 is 0. The smallest absolute Gasteiger partial charge is 0.0369 e. The van der Waals surface area contributed by atoms with E-state index in [1.807, 2.05) is 0 Å². The van der Waals surface area contributed by atoms with Crippen molar-refractivity contribution in [2.75, 3.05) is 44.2 Å². The van der Waals surface area contributed by atoms with Crippen molar-refractivity contribution in [3.05, 3.63) is 29.3 Å². The van der Waals surface area contributed by atoms with Gasteiger partial charge in [0.05, 0.1) is 0 Å². The predicted molar refractivity (Wildman–Crippen MR) is 80.7 cm³/mol. The van der Waals surface area contributed by atoms with E-state index in [1.54, 1.807) is 0 Å². The molecule has 1 aromatic carbocycles. The van der Waals surface area contributed by atoms with Gasteiger partial charge in [-0.15, -0.1) is 0 Å². The van der Waals surface area contributed by atoms with Gasteiger partial charge in [-0.1, -0.05) is 6.07 Å². The number of likely N-dealkylation sites (tertiary alicyclic amines) is 1. The van der Waals surface area contributed by atoms with Crippen molar-refractivity contribution in [1.29, 1.82) is 0 Å². The molecule has 0 aromatic heterocycles. The van der Waals surface area contributed by atoms with Crippen LogP contribution in [0, 0.1) is 19.3 Å². The van der Waals surface area contributed by atoms with Crippen LogP contribution in [0.25, 0.3) is 0 Å². The highest BCUT2D eigenvalue weighted by atomic mass is 15.3. The van der Waals surface area contributed by atoms with Gasteiger partial charge in [0, 0.05) is 50.4 Å². The van der Waals surface area contributed by atoms with Crippen molar-refractivity contribution in [2.45, 2.75) is 20.3 Å². The maximum atomic E-state index is 5.62. The van der Waals surface area contributed by atoms with E-state index >= 15 is 0 Å². The highest BCUT2D eigenvalue weighted by molar-refractivity contribution is 5.52. The standard InChI is InChI=1S/C16H25N3/c1-13-3-4-15(9-14(13)2)19-7-5-16(12-19)10-18(11-16)8-6-17/h3-4,9H,5-8,10-12,17H2,1-2H3. The fourth-order valence-corrected chi connectivity index (χ4v) is 3.58. The minimum absolute atomic E-state index is 0.550. The van der Waals surface area contributed by atoms with E-state index in [0.717, 1.165) is 13.1 Å². The second-order valence-electron chi connectivity index (χ2n) is 6.44. The summed E-state index contributed by atoms with van der Waals surface area (Å²) < 4.78 is 0. The van der Waals surface area contributed by atoms with Gasteiger partial charge in [0.25, 0.3) is 0 Å². The first-order valence-electron chi connectivity index (χ1n) is 7.37. The molecule has 1 spiro atoms. The SMILES string of the molecule is Cc1ccc(N2CCC3(CN(CCN)C3)C2)cc1C. The molecule has 3 nitrogen and oxygen atoms in total. The van der Waals surface area contributed by atoms with Gasteiger partial charge in [-0.3, -0.25) is 0 Å². The Morgan fingerprint density at radius 3 is 2.63 bits per heavy atom. The van der Waals surface area contributed by atoms with Crippen LogP contribution in [-0.2, 0) is 0 Å². The first kappa shape index (κ1) is 12.9. The number of rotatable bonds is 3. The summed E-state index contributed by atoms with van der Waals surface area (Å²) in [5.41, 5.74) is 10.4. The zero-order chi connectivity index (χ0) is 13.5. The van der Waals surface area contributed by atoms with Gasteiger partial charge >= 0.3 is 0 Å². The zero-order valence-electron chi connectivity index (χ0n) is 12.2. The fourth-order valence-electron chi connectivity index (χ4n) is 3.58. The molecule has 0 amide bonds. The van der Waals surface area contributed by atoms with E-state index in [4.69, 9.17) is 5.73 Å². The van der Waals surface area contributed by atoms with E-state index in [1.165, 1.54) is 49.4 Å². The first-order chi connectivity index (χ1) is 9.12. The van der Waals surface area contributed by atoms with Crippen LogP contribution in [0.3, 0.4) is 0 Å². The molecule has 0 radical (unpaired) electrons. The number of hydrogen-bond donors (Lipinski definition) is 1. The molecule has 3 heteroatoms. The first-order valence-corrected chi connectivity index (χ1v) is 7.37. The Hall–Kier alpha value is -1.06. The van der Waals surface area contributed by atoms with Crippen LogP contribution >= 0.6 is 0 Å². The molecular formula is C16H25N3. The third-order valence-electron chi connectivity index (χ3n) is 4.86. The van der Waals surface area contributed by atoms with E-state index in [2.05, 4.69) is 41.8 Å². The average Bonchev–Trinajstić information content (AvgIpc) is 2.78. The predicted octanol–water partition coefficient (Wildman–Crippen LogP) is 1.77. The zero-order valence-corrected chi connectivity index (χ0v) is 12.2. The molecule has 0 aliphatic carbocycles. The maximum Gasteiger partial charge on any atom is 0.0369 e. The molecule has 2 saturated heterocycles. The van der Waals surface area contributed by atoms with Crippen molar-refractivity contribution in [3.8, 4) is 0 Å². The Kier molecular flexibility index (Phi) is 3.27. The minimum atomic E-state index is 0.550. The van der Waals surface area contributed by atoms with Gasteiger partial charge in [-0.25, -0.2) is 0 Å². The quantitative estimate of drug-likeness (QED) is 0.898. The van der Waals surface area contributed by atoms with Crippen molar-refractivity contribution in [1.82, 2.24) is 4.90 Å². The molecule has 19 heavy (non-hydrogen) atoms. The Morgan fingerprint density at radius 1 is 1.16 bits per heavy atom. The van der Waals surface area contributed by atoms with Gasteiger partial charge in [-0.05, 0) is 43.5 Å². The summed E-state index contributed by atoms with van der Waals surface area (Å²) in [7, 11) is 0. The molecule has 2 heterocycles. The molecule has 2 fully saturated rings. The summed E-state index contributed by atoms with van der Waals surface area (Å²) in [4.78, 5) is 5.05. The highest BCUT2D eigenvalue weighted by Gasteiger charge is 2.47. The number of anilines is 1. The largest absolute Gasteiger partial charge is 0.371 e. The number of benzene rings is 1. The van der Waals surface area contributed by atoms with Crippen molar-refractivity contribution < 1.29 is 0 Å². The Bertz CT molecular complexity index is 463. The molecule has 0 bridgehead atoms. The number of nitrogens with zero attached hydrogens (tertiary/aromatic N) is 2. The fraction of sp³-hybridized carbons (Fsp3) is 0.625. The third-order valence-corrected chi connectivity index (χ3v) is 4.86. The number of hydrogen-bond acceptors (Lipinski definition) is 3. The summed E-state index contributed by atoms with van der Waals surface area (Å²) in [6.45, 7) is 11.1. The lowest BCUT2D eigenvalue weighted by atomic mass is 9.79.